The highest BCUT2D eigenvalue weighted by Crippen LogP contribution is 2.28. The van der Waals surface area contributed by atoms with Gasteiger partial charge in [-0.3, -0.25) is 0 Å². The van der Waals surface area contributed by atoms with Gasteiger partial charge in [0.15, 0.2) is 0 Å². The van der Waals surface area contributed by atoms with Gasteiger partial charge in [0.2, 0.25) is 0 Å². The molecule has 2 heteroatoms. The number of thiophene rings is 1. The van der Waals surface area contributed by atoms with Gasteiger partial charge in [0.1, 0.15) is 0 Å². The van der Waals surface area contributed by atoms with Crippen LogP contribution in [-0.4, -0.2) is 5.11 Å². The van der Waals surface area contributed by atoms with E-state index in [2.05, 4.69) is 13.0 Å². The van der Waals surface area contributed by atoms with Crippen molar-refractivity contribution < 1.29 is 5.11 Å². The van der Waals surface area contributed by atoms with E-state index in [1.807, 2.05) is 19.9 Å². The zero-order valence-corrected chi connectivity index (χ0v) is 8.69. The molecule has 0 aliphatic heterocycles. The maximum atomic E-state index is 9.72. The molecule has 0 bridgehead atoms. The first-order valence-electron chi connectivity index (χ1n) is 4.41. The van der Waals surface area contributed by atoms with Crippen molar-refractivity contribution in [3.63, 3.8) is 0 Å². The lowest BCUT2D eigenvalue weighted by atomic mass is 10.1. The van der Waals surface area contributed by atoms with Crippen molar-refractivity contribution >= 4 is 11.3 Å². The Hall–Kier alpha value is -0.340. The summed E-state index contributed by atoms with van der Waals surface area (Å²) in [5, 5.41) is 9.72. The molecular formula is C10H16OS. The second-order valence-electron chi connectivity index (χ2n) is 3.35. The normalized spacial score (nSPS) is 13.8. The van der Waals surface area contributed by atoms with Gasteiger partial charge in [-0.1, -0.05) is 20.8 Å². The van der Waals surface area contributed by atoms with Crippen molar-refractivity contribution in [2.45, 2.75) is 33.3 Å². The molecule has 0 amide bonds. The predicted molar refractivity (Wildman–Crippen MR) is 53.5 cm³/mol. The van der Waals surface area contributed by atoms with Gasteiger partial charge in [0.25, 0.3) is 0 Å². The Morgan fingerprint density at radius 2 is 2.08 bits per heavy atom. The molecule has 1 nitrogen and oxygen atoms in total. The fourth-order valence-electron chi connectivity index (χ4n) is 1.07. The summed E-state index contributed by atoms with van der Waals surface area (Å²) in [6.07, 6.45) is 0.783. The summed E-state index contributed by atoms with van der Waals surface area (Å²) in [5.41, 5.74) is 0. The molecule has 12 heavy (non-hydrogen) atoms. The molecule has 0 aromatic carbocycles. The third kappa shape index (κ3) is 2.08. The highest BCUT2D eigenvalue weighted by molar-refractivity contribution is 7.12. The van der Waals surface area contributed by atoms with Crippen molar-refractivity contribution in [2.75, 3.05) is 0 Å². The molecule has 1 aromatic rings. The fraction of sp³-hybridized carbons (Fsp3) is 0.600. The van der Waals surface area contributed by atoms with Crippen LogP contribution in [0.5, 0.6) is 0 Å². The van der Waals surface area contributed by atoms with Crippen LogP contribution >= 0.6 is 11.3 Å². The van der Waals surface area contributed by atoms with Crippen molar-refractivity contribution in [1.82, 2.24) is 0 Å². The van der Waals surface area contributed by atoms with Crippen LogP contribution in [0.15, 0.2) is 12.1 Å². The lowest BCUT2D eigenvalue weighted by Gasteiger charge is -2.11. The van der Waals surface area contributed by atoms with E-state index in [-0.39, 0.29) is 6.10 Å². The van der Waals surface area contributed by atoms with Crippen LogP contribution in [0.4, 0.5) is 0 Å². The van der Waals surface area contributed by atoms with Crippen LogP contribution in [-0.2, 0) is 6.42 Å². The number of hydrogen-bond acceptors (Lipinski definition) is 2. The lowest BCUT2D eigenvalue weighted by Crippen LogP contribution is -2.02. The molecule has 0 spiro atoms. The van der Waals surface area contributed by atoms with E-state index in [1.165, 1.54) is 4.88 Å². The Kier molecular flexibility index (Phi) is 3.29. The van der Waals surface area contributed by atoms with E-state index in [1.54, 1.807) is 11.3 Å². The van der Waals surface area contributed by atoms with Gasteiger partial charge in [-0.05, 0) is 24.5 Å². The molecule has 0 radical (unpaired) electrons. The molecule has 68 valence electrons. The summed E-state index contributed by atoms with van der Waals surface area (Å²) in [6.45, 7) is 6.21. The van der Waals surface area contributed by atoms with Crippen LogP contribution in [0.1, 0.15) is 36.6 Å². The third-order valence-corrected chi connectivity index (χ3v) is 3.25. The molecule has 0 aliphatic rings. The molecule has 1 heterocycles. The van der Waals surface area contributed by atoms with Gasteiger partial charge in [-0.2, -0.15) is 0 Å². The first kappa shape index (κ1) is 9.75. The topological polar surface area (TPSA) is 20.2 Å². The average Bonchev–Trinajstić information content (AvgIpc) is 2.50. The Morgan fingerprint density at radius 3 is 2.50 bits per heavy atom. The Bertz CT molecular complexity index is 240. The first-order valence-corrected chi connectivity index (χ1v) is 5.23. The highest BCUT2D eigenvalue weighted by Gasteiger charge is 2.13. The molecule has 0 fully saturated rings. The lowest BCUT2D eigenvalue weighted by molar-refractivity contribution is 0.130. The second-order valence-corrected chi connectivity index (χ2v) is 4.55. The van der Waals surface area contributed by atoms with E-state index < -0.39 is 0 Å². The van der Waals surface area contributed by atoms with Crippen LogP contribution in [0.2, 0.25) is 0 Å². The molecular weight excluding hydrogens is 168 g/mol. The Labute approximate surface area is 78.1 Å². The largest absolute Gasteiger partial charge is 0.387 e. The van der Waals surface area contributed by atoms with E-state index in [4.69, 9.17) is 0 Å². The van der Waals surface area contributed by atoms with Gasteiger partial charge < -0.3 is 5.11 Å². The third-order valence-electron chi connectivity index (χ3n) is 1.95. The van der Waals surface area contributed by atoms with Crippen molar-refractivity contribution in [1.29, 1.82) is 0 Å². The molecule has 1 N–H and O–H groups in total. The molecule has 0 aliphatic carbocycles. The average molecular weight is 184 g/mol. The van der Waals surface area contributed by atoms with Gasteiger partial charge in [-0.15, -0.1) is 11.3 Å². The molecule has 0 saturated heterocycles. The van der Waals surface area contributed by atoms with Gasteiger partial charge in [-0.25, -0.2) is 0 Å². The maximum Gasteiger partial charge on any atom is 0.0904 e. The standard InChI is InChI=1S/C10H16OS/c1-4-8-5-6-9(12-8)10(11)7(2)3/h5-7,10-11H,4H2,1-3H3. The molecule has 1 aromatic heterocycles. The van der Waals surface area contributed by atoms with Crippen molar-refractivity contribution in [2.24, 2.45) is 5.92 Å². The van der Waals surface area contributed by atoms with Crippen molar-refractivity contribution in [3.05, 3.63) is 21.9 Å². The second kappa shape index (κ2) is 4.06. The van der Waals surface area contributed by atoms with Crippen LogP contribution < -0.4 is 0 Å². The monoisotopic (exact) mass is 184 g/mol. The number of rotatable bonds is 3. The smallest absolute Gasteiger partial charge is 0.0904 e. The summed E-state index contributed by atoms with van der Waals surface area (Å²) in [4.78, 5) is 2.45. The SMILES string of the molecule is CCc1ccc(C(O)C(C)C)s1. The van der Waals surface area contributed by atoms with Gasteiger partial charge in [0, 0.05) is 9.75 Å². The quantitative estimate of drug-likeness (QED) is 0.765. The van der Waals surface area contributed by atoms with Gasteiger partial charge >= 0.3 is 0 Å². The van der Waals surface area contributed by atoms with E-state index in [9.17, 15) is 5.11 Å². The minimum Gasteiger partial charge on any atom is -0.387 e. The minimum absolute atomic E-state index is 0.282. The van der Waals surface area contributed by atoms with Crippen LogP contribution in [0, 0.1) is 5.92 Å². The summed E-state index contributed by atoms with van der Waals surface area (Å²) < 4.78 is 0. The Balaban J connectivity index is 2.74. The van der Waals surface area contributed by atoms with Crippen LogP contribution in [0.3, 0.4) is 0 Å². The Morgan fingerprint density at radius 1 is 1.42 bits per heavy atom. The van der Waals surface area contributed by atoms with E-state index >= 15 is 0 Å². The number of aliphatic hydroxyl groups excluding tert-OH is 1. The number of aliphatic hydroxyl groups is 1. The summed E-state index contributed by atoms with van der Waals surface area (Å²) in [7, 11) is 0. The summed E-state index contributed by atoms with van der Waals surface area (Å²) >= 11 is 1.72. The molecule has 0 saturated carbocycles. The molecule has 1 atom stereocenters. The highest BCUT2D eigenvalue weighted by atomic mass is 32.1. The van der Waals surface area contributed by atoms with Gasteiger partial charge in [0.05, 0.1) is 6.10 Å². The number of hydrogen-bond donors (Lipinski definition) is 1. The molecule has 1 unspecified atom stereocenters. The first-order chi connectivity index (χ1) is 5.65. The van der Waals surface area contributed by atoms with E-state index in [0.29, 0.717) is 5.92 Å². The molecule has 1 rings (SSSR count). The fourth-order valence-corrected chi connectivity index (χ4v) is 2.18. The van der Waals surface area contributed by atoms with Crippen molar-refractivity contribution in [3.8, 4) is 0 Å². The summed E-state index contributed by atoms with van der Waals surface area (Å²) in [5.74, 6) is 0.313. The zero-order chi connectivity index (χ0) is 9.14. The van der Waals surface area contributed by atoms with Crippen LogP contribution in [0.25, 0.3) is 0 Å². The summed E-state index contributed by atoms with van der Waals surface area (Å²) in [6, 6.07) is 4.14. The maximum absolute atomic E-state index is 9.72. The van der Waals surface area contributed by atoms with E-state index in [0.717, 1.165) is 11.3 Å². The number of aryl methyl sites for hydroxylation is 1. The predicted octanol–water partition coefficient (Wildman–Crippen LogP) is 3.00. The minimum atomic E-state index is -0.282. The zero-order valence-electron chi connectivity index (χ0n) is 7.87.